The Balaban J connectivity index is 1.28. The predicted molar refractivity (Wildman–Crippen MR) is 178 cm³/mol. The second-order valence-corrected chi connectivity index (χ2v) is 12.6. The number of hydrogen-bond acceptors (Lipinski definition) is 8. The summed E-state index contributed by atoms with van der Waals surface area (Å²) >= 11 is 0. The molecule has 0 radical (unpaired) electrons. The van der Waals surface area contributed by atoms with Gasteiger partial charge in [-0.3, -0.25) is 4.79 Å². The average Bonchev–Trinajstić information content (AvgIpc) is 3.46. The zero-order valence-electron chi connectivity index (χ0n) is 26.1. The zero-order valence-corrected chi connectivity index (χ0v) is 26.9. The molecule has 5 aromatic rings. The van der Waals surface area contributed by atoms with Crippen molar-refractivity contribution >= 4 is 44.6 Å². The fourth-order valence-corrected chi connectivity index (χ4v) is 6.58. The van der Waals surface area contributed by atoms with Crippen LogP contribution in [0.5, 0.6) is 0 Å². The van der Waals surface area contributed by atoms with Crippen LogP contribution in [0.1, 0.15) is 32.3 Å². The van der Waals surface area contributed by atoms with Gasteiger partial charge >= 0.3 is 6.47 Å². The third-order valence-corrected chi connectivity index (χ3v) is 9.44. The van der Waals surface area contributed by atoms with E-state index in [2.05, 4.69) is 69.1 Å². The minimum Gasteiger partial charge on any atom is -0.347 e. The molecule has 0 atom stereocenters. The number of aryl methyl sites for hydroxylation is 2. The molecule has 0 spiro atoms. The van der Waals surface area contributed by atoms with Gasteiger partial charge in [0.15, 0.2) is 0 Å². The first-order valence-electron chi connectivity index (χ1n) is 15.2. The molecule has 12 heteroatoms. The molecule has 0 fully saturated rings. The van der Waals surface area contributed by atoms with Crippen LogP contribution in [0.2, 0.25) is 0 Å². The third-order valence-electron chi connectivity index (χ3n) is 7.82. The minimum absolute atomic E-state index is 0.00475. The van der Waals surface area contributed by atoms with Gasteiger partial charge in [-0.1, -0.05) is 30.4 Å². The van der Waals surface area contributed by atoms with Crippen molar-refractivity contribution < 1.29 is 22.4 Å². The molecule has 0 aliphatic heterocycles. The van der Waals surface area contributed by atoms with Crippen LogP contribution in [0.15, 0.2) is 90.2 Å². The number of carbonyl (C=O) groups is 1. The van der Waals surface area contributed by atoms with Crippen molar-refractivity contribution in [3.05, 3.63) is 96.7 Å². The molecule has 0 unspecified atom stereocenters. The van der Waals surface area contributed by atoms with Gasteiger partial charge in [0, 0.05) is 41.0 Å². The Morgan fingerprint density at radius 3 is 2.46 bits per heavy atom. The third kappa shape index (κ3) is 7.35. The van der Waals surface area contributed by atoms with E-state index in [0.29, 0.717) is 21.5 Å². The van der Waals surface area contributed by atoms with E-state index in [0.717, 1.165) is 67.8 Å². The lowest BCUT2D eigenvalue weighted by Crippen LogP contribution is -2.31. The van der Waals surface area contributed by atoms with Crippen LogP contribution in [-0.4, -0.2) is 54.0 Å². The summed E-state index contributed by atoms with van der Waals surface area (Å²) in [6.45, 7) is 10.3. The van der Waals surface area contributed by atoms with Gasteiger partial charge in [-0.15, -0.1) is 0 Å². The van der Waals surface area contributed by atoms with Crippen molar-refractivity contribution in [3.8, 4) is 11.3 Å². The summed E-state index contributed by atoms with van der Waals surface area (Å²) in [7, 11) is -4.54. The molecule has 0 saturated heterocycles. The number of fused-ring (bicyclic) bond motifs is 1. The van der Waals surface area contributed by atoms with Crippen LogP contribution in [0.25, 0.3) is 22.2 Å². The van der Waals surface area contributed by atoms with Gasteiger partial charge in [-0.25, -0.2) is 14.4 Å². The van der Waals surface area contributed by atoms with Crippen molar-refractivity contribution in [2.75, 3.05) is 29.4 Å². The highest BCUT2D eigenvalue weighted by Gasteiger charge is 2.30. The average molecular weight is 645 g/mol. The van der Waals surface area contributed by atoms with Gasteiger partial charge in [0.1, 0.15) is 22.9 Å². The number of sulfonamides is 1. The van der Waals surface area contributed by atoms with E-state index < -0.39 is 20.7 Å². The van der Waals surface area contributed by atoms with Gasteiger partial charge in [-0.2, -0.15) is 8.42 Å². The van der Waals surface area contributed by atoms with E-state index in [1.165, 1.54) is 30.0 Å². The first kappa shape index (κ1) is 32.6. The zero-order chi connectivity index (χ0) is 32.7. The Morgan fingerprint density at radius 1 is 0.957 bits per heavy atom. The number of nitrogens with one attached hydrogen (secondary N) is 1. The summed E-state index contributed by atoms with van der Waals surface area (Å²) in [5, 5.41) is 4.32. The monoisotopic (exact) mass is 644 g/mol. The number of rotatable bonds is 15. The maximum absolute atomic E-state index is 14.5. The van der Waals surface area contributed by atoms with Gasteiger partial charge < -0.3 is 19.6 Å². The Morgan fingerprint density at radius 2 is 1.74 bits per heavy atom. The highest BCUT2D eigenvalue weighted by atomic mass is 32.2. The molecule has 240 valence electrons. The van der Waals surface area contributed by atoms with Crippen LogP contribution in [0.3, 0.4) is 0 Å². The summed E-state index contributed by atoms with van der Waals surface area (Å²) in [5.41, 5.74) is 4.01. The van der Waals surface area contributed by atoms with E-state index in [9.17, 15) is 17.6 Å². The molecular formula is C34H37FN6O4S. The van der Waals surface area contributed by atoms with Crippen LogP contribution in [0, 0.1) is 12.7 Å². The number of aromatic nitrogens is 3. The second kappa shape index (κ2) is 14.5. The molecule has 2 aromatic heterocycles. The summed E-state index contributed by atoms with van der Waals surface area (Å²) < 4.78 is 43.5. The number of unbranched alkanes of at least 4 members (excludes halogenated alkanes) is 1. The maximum Gasteiger partial charge on any atom is 0.322 e. The Bertz CT molecular complexity index is 1910. The molecule has 0 amide bonds. The number of anilines is 3. The molecule has 2 heterocycles. The molecule has 0 saturated carbocycles. The van der Waals surface area contributed by atoms with E-state index >= 15 is 0 Å². The fourth-order valence-electron chi connectivity index (χ4n) is 5.31. The van der Waals surface area contributed by atoms with Crippen LogP contribution < -0.4 is 9.79 Å². The van der Waals surface area contributed by atoms with E-state index in [1.807, 2.05) is 6.07 Å². The predicted octanol–water partition coefficient (Wildman–Crippen LogP) is 6.69. The van der Waals surface area contributed by atoms with E-state index in [-0.39, 0.29) is 12.2 Å². The maximum atomic E-state index is 14.5. The lowest BCUT2D eigenvalue weighted by Gasteiger charge is -2.21. The van der Waals surface area contributed by atoms with Crippen molar-refractivity contribution in [1.82, 2.24) is 19.4 Å². The van der Waals surface area contributed by atoms with Gasteiger partial charge in [0.25, 0.3) is 10.0 Å². The lowest BCUT2D eigenvalue weighted by atomic mass is 10.1. The fraction of sp³-hybridized carbons (Fsp3) is 0.265. The molecule has 46 heavy (non-hydrogen) atoms. The number of halogens is 1. The molecule has 0 bridgehead atoms. The number of nitrogens with zero attached hydrogens (tertiary/aromatic N) is 5. The van der Waals surface area contributed by atoms with E-state index in [1.54, 1.807) is 19.1 Å². The molecule has 0 aliphatic rings. The smallest absolute Gasteiger partial charge is 0.322 e. The molecule has 5 rings (SSSR count). The first-order chi connectivity index (χ1) is 22.2. The summed E-state index contributed by atoms with van der Waals surface area (Å²) in [5.74, 6) is -0.422. The van der Waals surface area contributed by atoms with Crippen LogP contribution in [-0.2, 0) is 26.2 Å². The summed E-state index contributed by atoms with van der Waals surface area (Å²) in [4.78, 5) is 26.6. The van der Waals surface area contributed by atoms with Gasteiger partial charge in [-0.05, 0) is 99.6 Å². The highest BCUT2D eigenvalue weighted by molar-refractivity contribution is 7.92. The van der Waals surface area contributed by atoms with Crippen molar-refractivity contribution in [1.29, 1.82) is 0 Å². The van der Waals surface area contributed by atoms with Crippen molar-refractivity contribution in [3.63, 3.8) is 0 Å². The topological polar surface area (TPSA) is 110 Å². The van der Waals surface area contributed by atoms with Crippen molar-refractivity contribution in [2.24, 2.45) is 0 Å². The molecule has 10 nitrogen and oxygen atoms in total. The minimum atomic E-state index is -4.54. The van der Waals surface area contributed by atoms with Crippen molar-refractivity contribution in [2.45, 2.75) is 45.1 Å². The molecule has 3 aromatic carbocycles. The largest absolute Gasteiger partial charge is 0.347 e. The van der Waals surface area contributed by atoms with Crippen LogP contribution in [0.4, 0.5) is 21.6 Å². The number of benzene rings is 3. The number of hydrogen-bond donors (Lipinski definition) is 1. The SMILES string of the molecule is CCN(CC)CCCCn1ccc2cc(-c3cc(Nc4ccc(N(OC=O)S(=O)(=O)c5ccc(C)cc5F)cc4)ncn3)ccc21. The van der Waals surface area contributed by atoms with Crippen LogP contribution >= 0.6 is 0 Å². The summed E-state index contributed by atoms with van der Waals surface area (Å²) in [6.07, 6.45) is 5.88. The van der Waals surface area contributed by atoms with Gasteiger partial charge in [0.2, 0.25) is 0 Å². The number of carbonyl (C=O) groups excluding carboxylic acids is 1. The molecule has 0 aliphatic carbocycles. The quantitative estimate of drug-likeness (QED) is 0.0763. The summed E-state index contributed by atoms with van der Waals surface area (Å²) in [6, 6.07) is 20.0. The Hall–Kier alpha value is -4.81. The normalized spacial score (nSPS) is 11.6. The Labute approximate surface area is 268 Å². The highest BCUT2D eigenvalue weighted by Crippen LogP contribution is 2.29. The molecule has 1 N–H and O–H groups in total. The molecular weight excluding hydrogens is 607 g/mol. The van der Waals surface area contributed by atoms with E-state index in [4.69, 9.17) is 4.84 Å². The lowest BCUT2D eigenvalue weighted by molar-refractivity contribution is -0.128. The first-order valence-corrected chi connectivity index (χ1v) is 16.6. The second-order valence-electron chi connectivity index (χ2n) is 10.8. The Kier molecular flexibility index (Phi) is 10.3. The van der Waals surface area contributed by atoms with Gasteiger partial charge in [0.05, 0.1) is 11.4 Å². The standard InChI is InChI=1S/C34H37FN6O4S/c1-4-39(5-2)17-6-7-18-40-19-16-27-21-26(9-14-32(27)40)31-22-34(37-23-36-31)38-28-10-12-29(13-11-28)41(45-24-42)46(43,44)33-15-8-25(3)20-30(33)35/h8-16,19-24H,4-7,17-18H2,1-3H3,(H,36,37,38).